The minimum atomic E-state index is 1.04. The molecule has 2 aliphatic carbocycles. The summed E-state index contributed by atoms with van der Waals surface area (Å²) >= 11 is 0. The molecule has 0 N–H and O–H groups in total. The Bertz CT molecular complexity index is 125. The van der Waals surface area contributed by atoms with E-state index in [9.17, 15) is 0 Å². The SMILES string of the molecule is C1CCCCC1.CC1CCCCC1.CCCCCC. The van der Waals surface area contributed by atoms with Gasteiger partial charge in [-0.1, -0.05) is 117 Å². The fraction of sp³-hybridized carbons (Fsp3) is 1.00. The van der Waals surface area contributed by atoms with Crippen LogP contribution in [0.2, 0.25) is 0 Å². The van der Waals surface area contributed by atoms with Crippen molar-refractivity contribution < 1.29 is 0 Å². The van der Waals surface area contributed by atoms with Crippen molar-refractivity contribution in [3.8, 4) is 0 Å². The lowest BCUT2D eigenvalue weighted by Gasteiger charge is -2.15. The van der Waals surface area contributed by atoms with Crippen LogP contribution in [0.4, 0.5) is 0 Å². The molecular weight excluding hydrogens is 228 g/mol. The summed E-state index contributed by atoms with van der Waals surface area (Å²) in [6.45, 7) is 6.82. The second-order valence-corrected chi connectivity index (χ2v) is 6.57. The third-order valence-corrected chi connectivity index (χ3v) is 4.35. The second kappa shape index (κ2) is 16.1. The van der Waals surface area contributed by atoms with Crippen molar-refractivity contribution in [2.45, 2.75) is 117 Å². The highest BCUT2D eigenvalue weighted by Gasteiger charge is 2.05. The van der Waals surface area contributed by atoms with Gasteiger partial charge in [0.25, 0.3) is 0 Å². The lowest BCUT2D eigenvalue weighted by atomic mass is 9.91. The molecule has 0 aromatic rings. The molecule has 0 bridgehead atoms. The molecule has 0 nitrogen and oxygen atoms in total. The molecule has 0 amide bonds. The van der Waals surface area contributed by atoms with Gasteiger partial charge in [-0.2, -0.15) is 0 Å². The van der Waals surface area contributed by atoms with Gasteiger partial charge in [0.1, 0.15) is 0 Å². The summed E-state index contributed by atoms with van der Waals surface area (Å²) in [4.78, 5) is 0. The lowest BCUT2D eigenvalue weighted by Crippen LogP contribution is -1.99. The van der Waals surface area contributed by atoms with Gasteiger partial charge in [0.2, 0.25) is 0 Å². The monoisotopic (exact) mass is 268 g/mol. The number of rotatable bonds is 3. The van der Waals surface area contributed by atoms with Crippen molar-refractivity contribution in [3.63, 3.8) is 0 Å². The third-order valence-electron chi connectivity index (χ3n) is 4.35. The topological polar surface area (TPSA) is 0 Å². The Balaban J connectivity index is 0.000000257. The lowest BCUT2D eigenvalue weighted by molar-refractivity contribution is 0.385. The van der Waals surface area contributed by atoms with Crippen molar-refractivity contribution in [3.05, 3.63) is 0 Å². The molecule has 2 rings (SSSR count). The molecule has 0 spiro atoms. The van der Waals surface area contributed by atoms with E-state index < -0.39 is 0 Å². The van der Waals surface area contributed by atoms with Crippen LogP contribution in [-0.2, 0) is 0 Å². The molecule has 2 saturated carbocycles. The molecule has 0 unspecified atom stereocenters. The van der Waals surface area contributed by atoms with Crippen LogP contribution in [0, 0.1) is 5.92 Å². The second-order valence-electron chi connectivity index (χ2n) is 6.57. The van der Waals surface area contributed by atoms with Gasteiger partial charge >= 0.3 is 0 Å². The quantitative estimate of drug-likeness (QED) is 0.464. The molecule has 19 heavy (non-hydrogen) atoms. The predicted molar refractivity (Wildman–Crippen MR) is 89.8 cm³/mol. The number of hydrogen-bond acceptors (Lipinski definition) is 0. The predicted octanol–water partition coefficient (Wildman–Crippen LogP) is 7.51. The zero-order valence-electron chi connectivity index (χ0n) is 14.2. The van der Waals surface area contributed by atoms with E-state index >= 15 is 0 Å². The highest BCUT2D eigenvalue weighted by molar-refractivity contribution is 4.59. The van der Waals surface area contributed by atoms with E-state index in [0.717, 1.165) is 5.92 Å². The zero-order valence-corrected chi connectivity index (χ0v) is 14.2. The highest BCUT2D eigenvalue weighted by Crippen LogP contribution is 2.22. The highest BCUT2D eigenvalue weighted by atomic mass is 14.1. The smallest absolute Gasteiger partial charge is 0.0443 e. The largest absolute Gasteiger partial charge is 0.0654 e. The van der Waals surface area contributed by atoms with Crippen molar-refractivity contribution >= 4 is 0 Å². The molecule has 0 atom stereocenters. The minimum Gasteiger partial charge on any atom is -0.0654 e. The maximum atomic E-state index is 2.36. The Labute approximate surface area is 123 Å². The normalized spacial score (nSPS) is 19.7. The Kier molecular flexibility index (Phi) is 16.1. The minimum absolute atomic E-state index is 1.04. The van der Waals surface area contributed by atoms with Gasteiger partial charge in [0.15, 0.2) is 0 Å². The standard InChI is InChI=1S/C7H14.C6H12.C6H14/c1-7-5-3-2-4-6-7;1-2-4-6-5-3-1;1-3-5-6-4-2/h7H,2-6H2,1H3;1-6H2;3-6H2,1-2H3. The van der Waals surface area contributed by atoms with Gasteiger partial charge in [0, 0.05) is 0 Å². The average Bonchev–Trinajstić information content (AvgIpc) is 2.49. The molecule has 0 saturated heterocycles. The summed E-state index contributed by atoms with van der Waals surface area (Å²) in [5.41, 5.74) is 0. The van der Waals surface area contributed by atoms with Crippen molar-refractivity contribution in [1.29, 1.82) is 0 Å². The van der Waals surface area contributed by atoms with Gasteiger partial charge in [-0.05, 0) is 5.92 Å². The number of hydrogen-bond donors (Lipinski definition) is 0. The molecule has 0 heterocycles. The fourth-order valence-electron chi connectivity index (χ4n) is 2.87. The van der Waals surface area contributed by atoms with Gasteiger partial charge in [-0.15, -0.1) is 0 Å². The van der Waals surface area contributed by atoms with Gasteiger partial charge in [-0.3, -0.25) is 0 Å². The van der Waals surface area contributed by atoms with Crippen molar-refractivity contribution in [1.82, 2.24) is 0 Å². The van der Waals surface area contributed by atoms with Crippen LogP contribution in [0.1, 0.15) is 117 Å². The van der Waals surface area contributed by atoms with Gasteiger partial charge in [-0.25, -0.2) is 0 Å². The van der Waals surface area contributed by atoms with E-state index in [1.807, 2.05) is 0 Å². The summed E-state index contributed by atoms with van der Waals surface area (Å²) in [5.74, 6) is 1.04. The van der Waals surface area contributed by atoms with Crippen LogP contribution >= 0.6 is 0 Å². The van der Waals surface area contributed by atoms with E-state index in [1.165, 1.54) is 96.3 Å². The summed E-state index contributed by atoms with van der Waals surface area (Å²) in [6.07, 6.45) is 22.0. The van der Waals surface area contributed by atoms with Crippen LogP contribution < -0.4 is 0 Å². The van der Waals surface area contributed by atoms with E-state index in [4.69, 9.17) is 0 Å². The van der Waals surface area contributed by atoms with Crippen LogP contribution in [0.15, 0.2) is 0 Å². The molecule has 0 aromatic carbocycles. The molecule has 116 valence electrons. The molecule has 0 aromatic heterocycles. The van der Waals surface area contributed by atoms with E-state index in [-0.39, 0.29) is 0 Å². The molecule has 0 radical (unpaired) electrons. The first-order valence-electron chi connectivity index (χ1n) is 9.31. The summed E-state index contributed by atoms with van der Waals surface area (Å²) < 4.78 is 0. The first kappa shape index (κ1) is 19.0. The van der Waals surface area contributed by atoms with Crippen LogP contribution in [0.5, 0.6) is 0 Å². The molecule has 0 heteroatoms. The average molecular weight is 269 g/mol. The summed E-state index contributed by atoms with van der Waals surface area (Å²) in [6, 6.07) is 0. The van der Waals surface area contributed by atoms with Crippen LogP contribution in [0.25, 0.3) is 0 Å². The van der Waals surface area contributed by atoms with E-state index in [2.05, 4.69) is 20.8 Å². The van der Waals surface area contributed by atoms with E-state index in [1.54, 1.807) is 0 Å². The first-order chi connectivity index (χ1) is 9.31. The van der Waals surface area contributed by atoms with E-state index in [0.29, 0.717) is 0 Å². The zero-order chi connectivity index (χ0) is 14.2. The Hall–Kier alpha value is 0. The number of unbranched alkanes of at least 4 members (excludes halogenated alkanes) is 3. The van der Waals surface area contributed by atoms with Crippen molar-refractivity contribution in [2.24, 2.45) is 5.92 Å². The van der Waals surface area contributed by atoms with Gasteiger partial charge in [0.05, 0.1) is 0 Å². The van der Waals surface area contributed by atoms with Gasteiger partial charge < -0.3 is 0 Å². The summed E-state index contributed by atoms with van der Waals surface area (Å²) in [5, 5.41) is 0. The summed E-state index contributed by atoms with van der Waals surface area (Å²) in [7, 11) is 0. The Morgan fingerprint density at radius 3 is 1.11 bits per heavy atom. The van der Waals surface area contributed by atoms with Crippen LogP contribution in [-0.4, -0.2) is 0 Å². The Morgan fingerprint density at radius 1 is 0.579 bits per heavy atom. The first-order valence-corrected chi connectivity index (χ1v) is 9.31. The molecule has 0 aliphatic heterocycles. The maximum Gasteiger partial charge on any atom is -0.0443 e. The fourth-order valence-corrected chi connectivity index (χ4v) is 2.87. The van der Waals surface area contributed by atoms with Crippen LogP contribution in [0.3, 0.4) is 0 Å². The molecule has 2 aliphatic rings. The molecular formula is C19H40. The van der Waals surface area contributed by atoms with Crippen molar-refractivity contribution in [2.75, 3.05) is 0 Å². The molecule has 2 fully saturated rings. The third kappa shape index (κ3) is 15.9. The maximum absolute atomic E-state index is 2.36. The Morgan fingerprint density at radius 2 is 0.895 bits per heavy atom.